The summed E-state index contributed by atoms with van der Waals surface area (Å²) in [5, 5.41) is 12.8. The van der Waals surface area contributed by atoms with E-state index in [-0.39, 0.29) is 0 Å². The summed E-state index contributed by atoms with van der Waals surface area (Å²) in [6, 6.07) is 1.92. The van der Waals surface area contributed by atoms with Gasteiger partial charge in [-0.1, -0.05) is 0 Å². The molecular weight excluding hydrogens is 350 g/mol. The molecule has 17 heavy (non-hydrogen) atoms. The van der Waals surface area contributed by atoms with Gasteiger partial charge in [-0.15, -0.1) is 10.2 Å². The number of fused-ring (bicyclic) bond motifs is 1. The molecular formula is C10H11Br2N5. The summed E-state index contributed by atoms with van der Waals surface area (Å²) in [6.07, 6.45) is 3.47. The molecule has 2 aromatic rings. The summed E-state index contributed by atoms with van der Waals surface area (Å²) in [7, 11) is 0. The van der Waals surface area contributed by atoms with Crippen LogP contribution in [0, 0.1) is 0 Å². The van der Waals surface area contributed by atoms with Crippen molar-refractivity contribution in [2.45, 2.75) is 32.4 Å². The van der Waals surface area contributed by atoms with Crippen molar-refractivity contribution in [3.8, 4) is 0 Å². The number of nitrogens with zero attached hydrogens (tertiary/aromatic N) is 5. The van der Waals surface area contributed by atoms with Gasteiger partial charge in [-0.05, 0) is 44.7 Å². The molecule has 0 aliphatic carbocycles. The third kappa shape index (κ3) is 2.18. The molecule has 90 valence electrons. The first kappa shape index (κ1) is 11.4. The summed E-state index contributed by atoms with van der Waals surface area (Å²) in [4.78, 5) is 0. The highest BCUT2D eigenvalue weighted by Gasteiger charge is 2.16. The van der Waals surface area contributed by atoms with Crippen molar-refractivity contribution in [2.75, 3.05) is 0 Å². The molecule has 0 fully saturated rings. The zero-order valence-corrected chi connectivity index (χ0v) is 12.3. The first-order valence-electron chi connectivity index (χ1n) is 5.54. The minimum atomic E-state index is 0.652. The smallest absolute Gasteiger partial charge is 0.154 e. The maximum atomic E-state index is 4.34. The second-order valence-corrected chi connectivity index (χ2v) is 5.71. The molecule has 3 rings (SSSR count). The lowest BCUT2D eigenvalue weighted by Gasteiger charge is -2.14. The minimum absolute atomic E-state index is 0.652. The highest BCUT2D eigenvalue weighted by atomic mass is 79.9. The number of aromatic nitrogens is 5. The third-order valence-electron chi connectivity index (χ3n) is 2.93. The summed E-state index contributed by atoms with van der Waals surface area (Å²) >= 11 is 6.83. The maximum Gasteiger partial charge on any atom is 0.154 e. The summed E-state index contributed by atoms with van der Waals surface area (Å²) in [5.74, 6) is 2.09. The molecule has 0 aromatic carbocycles. The van der Waals surface area contributed by atoms with Crippen molar-refractivity contribution in [3.05, 3.63) is 26.9 Å². The lowest BCUT2D eigenvalue weighted by Crippen LogP contribution is -2.15. The van der Waals surface area contributed by atoms with E-state index >= 15 is 0 Å². The first-order chi connectivity index (χ1) is 8.24. The van der Waals surface area contributed by atoms with Crippen LogP contribution in [0.4, 0.5) is 0 Å². The number of halogens is 2. The standard InChI is InChI=1S/C10H11Br2N5/c11-7-5-8(12)17(15-7)6-10-14-13-9-3-1-2-4-16(9)10/h5H,1-4,6H2. The monoisotopic (exact) mass is 359 g/mol. The van der Waals surface area contributed by atoms with Crippen LogP contribution in [0.2, 0.25) is 0 Å². The Balaban J connectivity index is 1.90. The molecule has 0 saturated carbocycles. The van der Waals surface area contributed by atoms with Crippen LogP contribution in [0.25, 0.3) is 0 Å². The molecule has 0 spiro atoms. The van der Waals surface area contributed by atoms with E-state index in [2.05, 4.69) is 51.7 Å². The predicted octanol–water partition coefficient (Wildman–Crippen LogP) is 2.38. The van der Waals surface area contributed by atoms with Gasteiger partial charge in [0.1, 0.15) is 21.6 Å². The Bertz CT molecular complexity index is 545. The number of rotatable bonds is 2. The second-order valence-electron chi connectivity index (χ2n) is 4.09. The van der Waals surface area contributed by atoms with Gasteiger partial charge in [0.25, 0.3) is 0 Å². The average molecular weight is 361 g/mol. The Morgan fingerprint density at radius 3 is 2.88 bits per heavy atom. The van der Waals surface area contributed by atoms with E-state index in [1.807, 2.05) is 10.7 Å². The largest absolute Gasteiger partial charge is 0.313 e. The summed E-state index contributed by atoms with van der Waals surface area (Å²) in [6.45, 7) is 1.68. The van der Waals surface area contributed by atoms with Gasteiger partial charge < -0.3 is 4.57 Å². The number of aryl methyl sites for hydroxylation is 1. The van der Waals surface area contributed by atoms with Gasteiger partial charge in [0.05, 0.1) is 0 Å². The van der Waals surface area contributed by atoms with E-state index < -0.39 is 0 Å². The zero-order chi connectivity index (χ0) is 11.8. The molecule has 2 aromatic heterocycles. The van der Waals surface area contributed by atoms with Gasteiger partial charge in [0, 0.05) is 19.0 Å². The Kier molecular flexibility index (Phi) is 3.04. The van der Waals surface area contributed by atoms with Crippen LogP contribution in [0.3, 0.4) is 0 Å². The average Bonchev–Trinajstić information content (AvgIpc) is 2.85. The van der Waals surface area contributed by atoms with Crippen LogP contribution in [-0.2, 0) is 19.5 Å². The van der Waals surface area contributed by atoms with Gasteiger partial charge in [-0.2, -0.15) is 5.10 Å². The van der Waals surface area contributed by atoms with Crippen molar-refractivity contribution < 1.29 is 0 Å². The fourth-order valence-electron chi connectivity index (χ4n) is 2.10. The van der Waals surface area contributed by atoms with Crippen LogP contribution in [-0.4, -0.2) is 24.5 Å². The lowest BCUT2D eigenvalue weighted by molar-refractivity contribution is 0.494. The zero-order valence-electron chi connectivity index (χ0n) is 9.10. The van der Waals surface area contributed by atoms with E-state index in [1.54, 1.807) is 0 Å². The maximum absolute atomic E-state index is 4.34. The molecule has 1 aliphatic heterocycles. The van der Waals surface area contributed by atoms with Crippen LogP contribution < -0.4 is 0 Å². The summed E-state index contributed by atoms with van der Waals surface area (Å²) in [5.41, 5.74) is 0. The molecule has 0 radical (unpaired) electrons. The first-order valence-corrected chi connectivity index (χ1v) is 7.12. The molecule has 1 aliphatic rings. The molecule has 5 nitrogen and oxygen atoms in total. The van der Waals surface area contributed by atoms with E-state index in [0.717, 1.165) is 33.8 Å². The van der Waals surface area contributed by atoms with Crippen LogP contribution in [0.5, 0.6) is 0 Å². The molecule has 0 N–H and O–H groups in total. The molecule has 7 heteroatoms. The fourth-order valence-corrected chi connectivity index (χ4v) is 3.23. The van der Waals surface area contributed by atoms with Crippen LogP contribution >= 0.6 is 31.9 Å². The van der Waals surface area contributed by atoms with E-state index in [4.69, 9.17) is 0 Å². The predicted molar refractivity (Wildman–Crippen MR) is 69.7 cm³/mol. The summed E-state index contributed by atoms with van der Waals surface area (Å²) < 4.78 is 5.85. The Morgan fingerprint density at radius 1 is 1.24 bits per heavy atom. The van der Waals surface area contributed by atoms with Crippen molar-refractivity contribution in [3.63, 3.8) is 0 Å². The lowest BCUT2D eigenvalue weighted by atomic mass is 10.2. The normalized spacial score (nSPS) is 14.9. The van der Waals surface area contributed by atoms with Crippen molar-refractivity contribution in [1.29, 1.82) is 0 Å². The van der Waals surface area contributed by atoms with Gasteiger partial charge in [-0.3, -0.25) is 0 Å². The topological polar surface area (TPSA) is 48.5 Å². The number of hydrogen-bond acceptors (Lipinski definition) is 3. The quantitative estimate of drug-likeness (QED) is 0.826. The van der Waals surface area contributed by atoms with Crippen molar-refractivity contribution in [1.82, 2.24) is 24.5 Å². The molecule has 0 amide bonds. The van der Waals surface area contributed by atoms with Crippen LogP contribution in [0.1, 0.15) is 24.5 Å². The van der Waals surface area contributed by atoms with Crippen LogP contribution in [0.15, 0.2) is 15.3 Å². The minimum Gasteiger partial charge on any atom is -0.313 e. The Hall–Kier alpha value is -0.690. The van der Waals surface area contributed by atoms with Gasteiger partial charge in [0.2, 0.25) is 0 Å². The van der Waals surface area contributed by atoms with Gasteiger partial charge in [0.15, 0.2) is 5.82 Å². The SMILES string of the molecule is Brc1cc(Br)n(Cc2nnc3n2CCCC3)n1. The van der Waals surface area contributed by atoms with Gasteiger partial charge >= 0.3 is 0 Å². The van der Waals surface area contributed by atoms with Gasteiger partial charge in [-0.25, -0.2) is 4.68 Å². The second kappa shape index (κ2) is 4.53. The highest BCUT2D eigenvalue weighted by Crippen LogP contribution is 2.19. The fraction of sp³-hybridized carbons (Fsp3) is 0.500. The van der Waals surface area contributed by atoms with Crippen molar-refractivity contribution in [2.24, 2.45) is 0 Å². The van der Waals surface area contributed by atoms with E-state index in [9.17, 15) is 0 Å². The molecule has 0 bridgehead atoms. The van der Waals surface area contributed by atoms with E-state index in [1.165, 1.54) is 12.8 Å². The molecule has 0 unspecified atom stereocenters. The number of hydrogen-bond donors (Lipinski definition) is 0. The molecule has 0 atom stereocenters. The van der Waals surface area contributed by atoms with E-state index in [0.29, 0.717) is 6.54 Å². The Labute approximate surface area is 115 Å². The highest BCUT2D eigenvalue weighted by molar-refractivity contribution is 9.11. The molecule has 3 heterocycles. The molecule has 0 saturated heterocycles. The third-order valence-corrected chi connectivity index (χ3v) is 3.95. The van der Waals surface area contributed by atoms with Crippen molar-refractivity contribution >= 4 is 31.9 Å². The Morgan fingerprint density at radius 2 is 2.12 bits per heavy atom.